The second-order valence-electron chi connectivity index (χ2n) is 4.52. The van der Waals surface area contributed by atoms with E-state index in [-0.39, 0.29) is 5.91 Å². The summed E-state index contributed by atoms with van der Waals surface area (Å²) in [6.07, 6.45) is 0.468. The van der Waals surface area contributed by atoms with Crippen molar-refractivity contribution in [1.82, 2.24) is 10.2 Å². The van der Waals surface area contributed by atoms with E-state index in [2.05, 4.69) is 47.6 Å². The molecule has 0 fully saturated rings. The Bertz CT molecular complexity index is 610. The van der Waals surface area contributed by atoms with Crippen LogP contribution in [0.4, 0.5) is 5.13 Å². The van der Waals surface area contributed by atoms with E-state index in [4.69, 9.17) is 0 Å². The van der Waals surface area contributed by atoms with Gasteiger partial charge in [-0.1, -0.05) is 17.4 Å². The first kappa shape index (κ1) is 15.0. The van der Waals surface area contributed by atoms with Crippen LogP contribution >= 0.6 is 23.1 Å². The molecule has 2 rings (SSSR count). The third-order valence-corrected chi connectivity index (χ3v) is 4.60. The van der Waals surface area contributed by atoms with Gasteiger partial charge in [0.25, 0.3) is 0 Å². The number of aromatic nitrogens is 2. The van der Waals surface area contributed by atoms with Crippen molar-refractivity contribution in [3.63, 3.8) is 0 Å². The quantitative estimate of drug-likeness (QED) is 0.858. The molecule has 0 aliphatic carbocycles. The molecule has 0 bridgehead atoms. The number of carbonyl (C=O) groups is 1. The molecule has 1 heterocycles. The lowest BCUT2D eigenvalue weighted by Gasteiger charge is -2.05. The maximum atomic E-state index is 11.7. The lowest BCUT2D eigenvalue weighted by Crippen LogP contribution is -2.11. The van der Waals surface area contributed by atoms with Gasteiger partial charge in [-0.15, -0.1) is 22.0 Å². The second-order valence-corrected chi connectivity index (χ2v) is 6.87. The first-order valence-corrected chi connectivity index (χ1v) is 8.15. The second kappa shape index (κ2) is 6.85. The van der Waals surface area contributed by atoms with Gasteiger partial charge in [0, 0.05) is 17.1 Å². The summed E-state index contributed by atoms with van der Waals surface area (Å²) in [6.45, 7) is 6.06. The molecule has 0 saturated heterocycles. The third kappa shape index (κ3) is 4.31. The Morgan fingerprint density at radius 2 is 2.05 bits per heavy atom. The van der Waals surface area contributed by atoms with E-state index in [9.17, 15) is 4.79 Å². The minimum Gasteiger partial charge on any atom is -0.301 e. The summed E-state index contributed by atoms with van der Waals surface area (Å²) in [5, 5.41) is 11.9. The summed E-state index contributed by atoms with van der Waals surface area (Å²) in [5.41, 5.74) is 2.57. The van der Waals surface area contributed by atoms with Gasteiger partial charge in [-0.2, -0.15) is 0 Å². The van der Waals surface area contributed by atoms with Crippen LogP contribution in [-0.2, 0) is 4.79 Å². The zero-order chi connectivity index (χ0) is 14.5. The van der Waals surface area contributed by atoms with Crippen LogP contribution in [0.5, 0.6) is 0 Å². The van der Waals surface area contributed by atoms with Crippen molar-refractivity contribution in [2.75, 3.05) is 11.1 Å². The average molecular weight is 307 g/mol. The van der Waals surface area contributed by atoms with Crippen LogP contribution in [0.2, 0.25) is 0 Å². The highest BCUT2D eigenvalue weighted by Crippen LogP contribution is 2.22. The third-order valence-electron chi connectivity index (χ3n) is 2.85. The lowest BCUT2D eigenvalue weighted by atomic mass is 10.1. The molecule has 20 heavy (non-hydrogen) atoms. The standard InChI is InChI=1S/C14H17N3OS2/c1-9-4-5-12(8-10(9)2)19-7-6-13(18)15-14-17-16-11(3)20-14/h4-5,8H,6-7H2,1-3H3,(H,15,17,18). The van der Waals surface area contributed by atoms with E-state index in [0.717, 1.165) is 10.8 Å². The molecule has 0 spiro atoms. The molecular weight excluding hydrogens is 290 g/mol. The Balaban J connectivity index is 1.77. The molecule has 0 atom stereocenters. The molecule has 6 heteroatoms. The van der Waals surface area contributed by atoms with Gasteiger partial charge in [-0.05, 0) is 44.0 Å². The van der Waals surface area contributed by atoms with Crippen LogP contribution in [-0.4, -0.2) is 21.9 Å². The maximum Gasteiger partial charge on any atom is 0.227 e. The highest BCUT2D eigenvalue weighted by Gasteiger charge is 2.06. The minimum atomic E-state index is -0.0162. The van der Waals surface area contributed by atoms with Gasteiger partial charge >= 0.3 is 0 Å². The molecule has 1 amide bonds. The van der Waals surface area contributed by atoms with Gasteiger partial charge in [-0.3, -0.25) is 4.79 Å². The van der Waals surface area contributed by atoms with Crippen molar-refractivity contribution in [2.45, 2.75) is 32.1 Å². The van der Waals surface area contributed by atoms with Gasteiger partial charge in [0.1, 0.15) is 5.01 Å². The van der Waals surface area contributed by atoms with Crippen molar-refractivity contribution in [3.05, 3.63) is 34.3 Å². The smallest absolute Gasteiger partial charge is 0.227 e. The molecular formula is C14H17N3OS2. The molecule has 0 aliphatic heterocycles. The van der Waals surface area contributed by atoms with Gasteiger partial charge in [0.2, 0.25) is 11.0 Å². The molecule has 1 aromatic carbocycles. The Labute approximate surface area is 127 Å². The Morgan fingerprint density at radius 1 is 1.25 bits per heavy atom. The zero-order valence-electron chi connectivity index (χ0n) is 11.8. The molecule has 0 saturated carbocycles. The molecule has 106 valence electrons. The summed E-state index contributed by atoms with van der Waals surface area (Å²) in [4.78, 5) is 12.9. The largest absolute Gasteiger partial charge is 0.301 e. The summed E-state index contributed by atoms with van der Waals surface area (Å²) >= 11 is 3.08. The summed E-state index contributed by atoms with van der Waals surface area (Å²) in [7, 11) is 0. The van der Waals surface area contributed by atoms with Crippen molar-refractivity contribution >= 4 is 34.1 Å². The number of rotatable bonds is 5. The molecule has 1 N–H and O–H groups in total. The highest BCUT2D eigenvalue weighted by molar-refractivity contribution is 7.99. The first-order valence-electron chi connectivity index (χ1n) is 6.34. The maximum absolute atomic E-state index is 11.7. The molecule has 0 aliphatic rings. The normalized spacial score (nSPS) is 10.6. The predicted octanol–water partition coefficient (Wildman–Crippen LogP) is 3.58. The van der Waals surface area contributed by atoms with E-state index < -0.39 is 0 Å². The average Bonchev–Trinajstić information content (AvgIpc) is 2.79. The number of nitrogens with one attached hydrogen (secondary N) is 1. The van der Waals surface area contributed by atoms with E-state index in [0.29, 0.717) is 11.6 Å². The van der Waals surface area contributed by atoms with Crippen LogP contribution < -0.4 is 5.32 Å². The number of amides is 1. The van der Waals surface area contributed by atoms with Gasteiger partial charge in [0.15, 0.2) is 0 Å². The molecule has 4 nitrogen and oxygen atoms in total. The number of anilines is 1. The summed E-state index contributed by atoms with van der Waals surface area (Å²) in [6, 6.07) is 6.37. The lowest BCUT2D eigenvalue weighted by molar-refractivity contribution is -0.115. The van der Waals surface area contributed by atoms with Crippen LogP contribution in [0.3, 0.4) is 0 Å². The summed E-state index contributed by atoms with van der Waals surface area (Å²) in [5.74, 6) is 0.740. The van der Waals surface area contributed by atoms with Crippen LogP contribution in [0.15, 0.2) is 23.1 Å². The van der Waals surface area contributed by atoms with Crippen molar-refractivity contribution in [3.8, 4) is 0 Å². The number of nitrogens with zero attached hydrogens (tertiary/aromatic N) is 2. The van der Waals surface area contributed by atoms with E-state index in [1.54, 1.807) is 11.8 Å². The van der Waals surface area contributed by atoms with Crippen LogP contribution in [0.25, 0.3) is 0 Å². The fourth-order valence-electron chi connectivity index (χ4n) is 1.59. The molecule has 2 aromatic rings. The van der Waals surface area contributed by atoms with Crippen LogP contribution in [0.1, 0.15) is 22.6 Å². The van der Waals surface area contributed by atoms with E-state index in [1.807, 2.05) is 6.92 Å². The Hall–Kier alpha value is -1.40. The van der Waals surface area contributed by atoms with E-state index in [1.165, 1.54) is 27.4 Å². The van der Waals surface area contributed by atoms with Crippen molar-refractivity contribution in [2.24, 2.45) is 0 Å². The van der Waals surface area contributed by atoms with Gasteiger partial charge in [0.05, 0.1) is 0 Å². The Kier molecular flexibility index (Phi) is 5.14. The summed E-state index contributed by atoms with van der Waals surface area (Å²) < 4.78 is 0. The van der Waals surface area contributed by atoms with Gasteiger partial charge < -0.3 is 5.32 Å². The minimum absolute atomic E-state index is 0.0162. The fraction of sp³-hybridized carbons (Fsp3) is 0.357. The first-order chi connectivity index (χ1) is 9.54. The molecule has 1 aromatic heterocycles. The number of aryl methyl sites for hydroxylation is 3. The number of thioether (sulfide) groups is 1. The topological polar surface area (TPSA) is 54.9 Å². The van der Waals surface area contributed by atoms with Gasteiger partial charge in [-0.25, -0.2) is 0 Å². The number of hydrogen-bond acceptors (Lipinski definition) is 5. The van der Waals surface area contributed by atoms with E-state index >= 15 is 0 Å². The number of benzene rings is 1. The zero-order valence-corrected chi connectivity index (χ0v) is 13.4. The fourth-order valence-corrected chi connectivity index (χ4v) is 3.15. The van der Waals surface area contributed by atoms with Crippen molar-refractivity contribution < 1.29 is 4.79 Å². The number of carbonyl (C=O) groups excluding carboxylic acids is 1. The van der Waals surface area contributed by atoms with Crippen molar-refractivity contribution in [1.29, 1.82) is 0 Å². The molecule has 0 unspecified atom stereocenters. The predicted molar refractivity (Wildman–Crippen MR) is 84.5 cm³/mol. The highest BCUT2D eigenvalue weighted by atomic mass is 32.2. The Morgan fingerprint density at radius 3 is 2.70 bits per heavy atom. The SMILES string of the molecule is Cc1nnc(NC(=O)CCSc2ccc(C)c(C)c2)s1. The monoisotopic (exact) mass is 307 g/mol. The molecule has 0 radical (unpaired) electrons. The number of hydrogen-bond donors (Lipinski definition) is 1. The van der Waals surface area contributed by atoms with Crippen LogP contribution in [0, 0.1) is 20.8 Å².